The maximum absolute atomic E-state index is 5.42. The number of hydrogen-bond acceptors (Lipinski definition) is 1. The van der Waals surface area contributed by atoms with Gasteiger partial charge in [-0.25, -0.2) is 0 Å². The number of rotatable bonds is 6. The van der Waals surface area contributed by atoms with E-state index in [-0.39, 0.29) is 0 Å². The molecule has 0 spiro atoms. The zero-order valence-electron chi connectivity index (χ0n) is 9.23. The summed E-state index contributed by atoms with van der Waals surface area (Å²) < 4.78 is 5.42. The van der Waals surface area contributed by atoms with Crippen molar-refractivity contribution < 1.29 is 4.74 Å². The lowest BCUT2D eigenvalue weighted by molar-refractivity contribution is 0.168. The molecule has 0 saturated carbocycles. The van der Waals surface area contributed by atoms with E-state index in [4.69, 9.17) is 4.74 Å². The van der Waals surface area contributed by atoms with Crippen molar-refractivity contribution in [2.75, 3.05) is 13.2 Å². The molecule has 0 aliphatic heterocycles. The van der Waals surface area contributed by atoms with E-state index in [2.05, 4.69) is 24.3 Å². The van der Waals surface area contributed by atoms with Gasteiger partial charge in [0.15, 0.2) is 0 Å². The average molecular weight is 202 g/mol. The van der Waals surface area contributed by atoms with Crippen molar-refractivity contribution in [2.24, 2.45) is 0 Å². The highest BCUT2D eigenvalue weighted by molar-refractivity contribution is 5.48. The third-order valence-electron chi connectivity index (χ3n) is 1.99. The summed E-state index contributed by atoms with van der Waals surface area (Å²) in [5, 5.41) is 0. The normalized spacial score (nSPS) is 11.5. The van der Waals surface area contributed by atoms with Crippen LogP contribution in [0.4, 0.5) is 0 Å². The van der Waals surface area contributed by atoms with E-state index in [0.717, 1.165) is 13.0 Å². The van der Waals surface area contributed by atoms with Crippen LogP contribution in [-0.2, 0) is 4.74 Å². The Hall–Kier alpha value is -1.34. The van der Waals surface area contributed by atoms with E-state index in [9.17, 15) is 0 Å². The molecule has 80 valence electrons. The second-order valence-electron chi connectivity index (χ2n) is 3.25. The summed E-state index contributed by atoms with van der Waals surface area (Å²) in [7, 11) is 0. The fourth-order valence-corrected chi connectivity index (χ4v) is 1.22. The molecule has 0 heterocycles. The van der Waals surface area contributed by atoms with Crippen molar-refractivity contribution in [3.05, 3.63) is 54.1 Å². The molecular weight excluding hydrogens is 184 g/mol. The topological polar surface area (TPSA) is 9.23 Å². The zero-order chi connectivity index (χ0) is 10.8. The molecule has 0 N–H and O–H groups in total. The second kappa shape index (κ2) is 8.01. The van der Waals surface area contributed by atoms with Gasteiger partial charge >= 0.3 is 0 Å². The van der Waals surface area contributed by atoms with Gasteiger partial charge in [0.2, 0.25) is 0 Å². The molecule has 0 saturated heterocycles. The van der Waals surface area contributed by atoms with E-state index in [1.165, 1.54) is 5.56 Å². The molecule has 0 amide bonds. The molecule has 1 heteroatoms. The summed E-state index contributed by atoms with van der Waals surface area (Å²) in [6, 6.07) is 10.2. The minimum atomic E-state index is 0.687. The smallest absolute Gasteiger partial charge is 0.0650 e. The summed E-state index contributed by atoms with van der Waals surface area (Å²) in [5.74, 6) is 0. The summed E-state index contributed by atoms with van der Waals surface area (Å²) >= 11 is 0. The number of allylic oxidation sites excluding steroid dienone is 1. The van der Waals surface area contributed by atoms with Crippen molar-refractivity contribution in [2.45, 2.75) is 13.3 Å². The van der Waals surface area contributed by atoms with Gasteiger partial charge in [0.1, 0.15) is 0 Å². The molecule has 1 aromatic carbocycles. The molecule has 0 aliphatic carbocycles. The minimum Gasteiger partial charge on any atom is -0.377 e. The summed E-state index contributed by atoms with van der Waals surface area (Å²) in [5.41, 5.74) is 1.22. The van der Waals surface area contributed by atoms with Crippen molar-refractivity contribution >= 4 is 6.08 Å². The van der Waals surface area contributed by atoms with Crippen LogP contribution in [0.25, 0.3) is 6.08 Å². The number of ether oxygens (including phenoxy) is 1. The Morgan fingerprint density at radius 1 is 1.13 bits per heavy atom. The van der Waals surface area contributed by atoms with Crippen molar-refractivity contribution in [3.8, 4) is 0 Å². The second-order valence-corrected chi connectivity index (χ2v) is 3.25. The van der Waals surface area contributed by atoms with Gasteiger partial charge in [-0.1, -0.05) is 54.6 Å². The van der Waals surface area contributed by atoms with Gasteiger partial charge in [-0.2, -0.15) is 0 Å². The van der Waals surface area contributed by atoms with E-state index in [1.807, 2.05) is 37.3 Å². The fraction of sp³-hybridized carbons (Fsp3) is 0.286. The monoisotopic (exact) mass is 202 g/mol. The lowest BCUT2D eigenvalue weighted by atomic mass is 10.2. The van der Waals surface area contributed by atoms with Crippen molar-refractivity contribution in [1.82, 2.24) is 0 Å². The van der Waals surface area contributed by atoms with Gasteiger partial charge in [0.25, 0.3) is 0 Å². The van der Waals surface area contributed by atoms with Crippen LogP contribution >= 0.6 is 0 Å². The Bertz CT molecular complexity index is 298. The maximum atomic E-state index is 5.42. The Labute approximate surface area is 92.1 Å². The third-order valence-corrected chi connectivity index (χ3v) is 1.99. The highest BCUT2D eigenvalue weighted by Crippen LogP contribution is 2.00. The Kier molecular flexibility index (Phi) is 6.26. The van der Waals surface area contributed by atoms with Crippen LogP contribution in [0, 0.1) is 0 Å². The first-order chi connectivity index (χ1) is 7.43. The van der Waals surface area contributed by atoms with Crippen molar-refractivity contribution in [3.63, 3.8) is 0 Å². The maximum Gasteiger partial charge on any atom is 0.0650 e. The Balaban J connectivity index is 2.12. The van der Waals surface area contributed by atoms with Gasteiger partial charge in [0.05, 0.1) is 13.2 Å². The molecular formula is C14H18O. The van der Waals surface area contributed by atoms with Crippen LogP contribution in [0.3, 0.4) is 0 Å². The van der Waals surface area contributed by atoms with Crippen LogP contribution in [0.5, 0.6) is 0 Å². The van der Waals surface area contributed by atoms with Crippen LogP contribution in [0.1, 0.15) is 18.9 Å². The molecule has 1 nitrogen and oxygen atoms in total. The van der Waals surface area contributed by atoms with E-state index in [1.54, 1.807) is 0 Å². The van der Waals surface area contributed by atoms with Gasteiger partial charge in [0, 0.05) is 0 Å². The highest BCUT2D eigenvalue weighted by atomic mass is 16.5. The molecule has 15 heavy (non-hydrogen) atoms. The lowest BCUT2D eigenvalue weighted by Gasteiger charge is -1.96. The van der Waals surface area contributed by atoms with Crippen LogP contribution in [0.2, 0.25) is 0 Å². The summed E-state index contributed by atoms with van der Waals surface area (Å²) in [6.45, 7) is 3.51. The molecule has 0 bridgehead atoms. The number of benzene rings is 1. The average Bonchev–Trinajstić information content (AvgIpc) is 2.29. The van der Waals surface area contributed by atoms with E-state index >= 15 is 0 Å². The lowest BCUT2D eigenvalue weighted by Crippen LogP contribution is -1.92. The standard InChI is InChI=1S/C14H18O/c1-2-3-7-12-15-13-8-11-14-9-5-4-6-10-14/h2-6,8-11H,7,12-13H2,1H3/b3-2?,11-8+. The predicted molar refractivity (Wildman–Crippen MR) is 65.7 cm³/mol. The Morgan fingerprint density at radius 3 is 2.67 bits per heavy atom. The molecule has 1 rings (SSSR count). The molecule has 0 fully saturated rings. The zero-order valence-corrected chi connectivity index (χ0v) is 9.23. The van der Waals surface area contributed by atoms with Gasteiger partial charge in [-0.3, -0.25) is 0 Å². The molecule has 0 aromatic heterocycles. The first-order valence-corrected chi connectivity index (χ1v) is 5.34. The van der Waals surface area contributed by atoms with Crippen molar-refractivity contribution in [1.29, 1.82) is 0 Å². The molecule has 0 radical (unpaired) electrons. The predicted octanol–water partition coefficient (Wildman–Crippen LogP) is 3.68. The van der Waals surface area contributed by atoms with Gasteiger partial charge < -0.3 is 4.74 Å². The molecule has 0 aliphatic rings. The minimum absolute atomic E-state index is 0.687. The molecule has 1 aromatic rings. The fourth-order valence-electron chi connectivity index (χ4n) is 1.22. The van der Waals surface area contributed by atoms with Gasteiger partial charge in [-0.05, 0) is 18.9 Å². The van der Waals surface area contributed by atoms with E-state index < -0.39 is 0 Å². The van der Waals surface area contributed by atoms with E-state index in [0.29, 0.717) is 6.61 Å². The van der Waals surface area contributed by atoms with Crippen LogP contribution in [-0.4, -0.2) is 13.2 Å². The molecule has 0 unspecified atom stereocenters. The largest absolute Gasteiger partial charge is 0.377 e. The third kappa shape index (κ3) is 5.87. The summed E-state index contributed by atoms with van der Waals surface area (Å²) in [6.07, 6.45) is 9.28. The SMILES string of the molecule is CC=CCCOC/C=C/c1ccccc1. The first-order valence-electron chi connectivity index (χ1n) is 5.34. The van der Waals surface area contributed by atoms with Gasteiger partial charge in [-0.15, -0.1) is 0 Å². The first kappa shape index (κ1) is 11.7. The van der Waals surface area contributed by atoms with Crippen LogP contribution < -0.4 is 0 Å². The van der Waals surface area contributed by atoms with Crippen LogP contribution in [0.15, 0.2) is 48.6 Å². The Morgan fingerprint density at radius 2 is 1.93 bits per heavy atom. The highest BCUT2D eigenvalue weighted by Gasteiger charge is 1.83. The quantitative estimate of drug-likeness (QED) is 0.505. The summed E-state index contributed by atoms with van der Waals surface area (Å²) in [4.78, 5) is 0. The molecule has 0 atom stereocenters. The number of hydrogen-bond donors (Lipinski definition) is 0.